The molecule has 88 valence electrons. The van der Waals surface area contributed by atoms with Crippen LogP contribution in [0.4, 0.5) is 5.13 Å². The van der Waals surface area contributed by atoms with E-state index in [0.717, 1.165) is 6.54 Å². The molecule has 1 aromatic heterocycles. The molecule has 0 aliphatic heterocycles. The van der Waals surface area contributed by atoms with Gasteiger partial charge in [0, 0.05) is 11.3 Å². The van der Waals surface area contributed by atoms with Crippen molar-refractivity contribution >= 4 is 34.1 Å². The highest BCUT2D eigenvalue weighted by molar-refractivity contribution is 8.00. The van der Waals surface area contributed by atoms with E-state index < -0.39 is 0 Å². The van der Waals surface area contributed by atoms with E-state index in [1.54, 1.807) is 0 Å². The van der Waals surface area contributed by atoms with Crippen LogP contribution in [-0.4, -0.2) is 28.4 Å². The number of thiazole rings is 1. The summed E-state index contributed by atoms with van der Waals surface area (Å²) in [6.45, 7) is 2.55. The maximum Gasteiger partial charge on any atom is 0.263 e. The van der Waals surface area contributed by atoms with Crippen LogP contribution in [-0.2, 0) is 0 Å². The van der Waals surface area contributed by atoms with Crippen LogP contribution >= 0.6 is 23.1 Å². The Labute approximate surface area is 103 Å². The van der Waals surface area contributed by atoms with Gasteiger partial charge < -0.3 is 11.1 Å². The first-order valence-electron chi connectivity index (χ1n) is 5.12. The normalized spacial score (nSPS) is 17.1. The van der Waals surface area contributed by atoms with Crippen LogP contribution < -0.4 is 11.1 Å². The average Bonchev–Trinajstić information content (AvgIpc) is 2.96. The lowest BCUT2D eigenvalue weighted by molar-refractivity contribution is 0.0956. The Morgan fingerprint density at radius 2 is 2.38 bits per heavy atom. The van der Waals surface area contributed by atoms with Crippen molar-refractivity contribution in [1.29, 1.82) is 0 Å². The number of nitrogen functional groups attached to an aromatic ring is 1. The van der Waals surface area contributed by atoms with Gasteiger partial charge in [0.15, 0.2) is 5.13 Å². The number of nitrogens with two attached hydrogens (primary N) is 1. The third-order valence-corrected chi connectivity index (χ3v) is 5.24. The van der Waals surface area contributed by atoms with Gasteiger partial charge in [-0.2, -0.15) is 11.8 Å². The molecule has 0 aromatic carbocycles. The highest BCUT2D eigenvalue weighted by Gasteiger charge is 2.42. The van der Waals surface area contributed by atoms with Crippen LogP contribution in [0.15, 0.2) is 0 Å². The Hall–Kier alpha value is -0.750. The minimum atomic E-state index is -0.0491. The van der Waals surface area contributed by atoms with Crippen LogP contribution in [0.1, 0.15) is 28.2 Å². The number of carbonyl (C=O) groups is 1. The monoisotopic (exact) mass is 257 g/mol. The molecule has 0 radical (unpaired) electrons. The zero-order chi connectivity index (χ0) is 11.8. The molecule has 2 rings (SSSR count). The summed E-state index contributed by atoms with van der Waals surface area (Å²) < 4.78 is 0.291. The number of aryl methyl sites for hydroxylation is 1. The molecule has 1 aliphatic carbocycles. The average molecular weight is 257 g/mol. The molecule has 3 N–H and O–H groups in total. The molecule has 4 nitrogen and oxygen atoms in total. The highest BCUT2D eigenvalue weighted by atomic mass is 32.2. The minimum Gasteiger partial charge on any atom is -0.375 e. The fourth-order valence-corrected chi connectivity index (χ4v) is 3.02. The first kappa shape index (κ1) is 11.7. The van der Waals surface area contributed by atoms with Gasteiger partial charge in [-0.25, -0.2) is 4.98 Å². The standard InChI is InChI=1S/C10H15N3OS2/c1-6-7(16-9(11)13-6)8(14)12-5-10(15-2)3-4-10/h3-5H2,1-2H3,(H2,11,13)(H,12,14). The molecule has 0 atom stereocenters. The quantitative estimate of drug-likeness (QED) is 0.861. The lowest BCUT2D eigenvalue weighted by atomic mass is 10.3. The van der Waals surface area contributed by atoms with Crippen LogP contribution in [0.2, 0.25) is 0 Å². The first-order chi connectivity index (χ1) is 7.56. The van der Waals surface area contributed by atoms with Gasteiger partial charge in [0.25, 0.3) is 5.91 Å². The van der Waals surface area contributed by atoms with Crippen molar-refractivity contribution in [2.24, 2.45) is 0 Å². The molecule has 1 aliphatic rings. The van der Waals surface area contributed by atoms with E-state index in [1.165, 1.54) is 24.2 Å². The molecule has 6 heteroatoms. The summed E-state index contributed by atoms with van der Waals surface area (Å²) in [6, 6.07) is 0. The van der Waals surface area contributed by atoms with Crippen molar-refractivity contribution in [3.8, 4) is 0 Å². The van der Waals surface area contributed by atoms with E-state index >= 15 is 0 Å². The summed E-state index contributed by atoms with van der Waals surface area (Å²) in [5, 5.41) is 3.41. The third-order valence-electron chi connectivity index (χ3n) is 2.83. The van der Waals surface area contributed by atoms with Gasteiger partial charge in [0.05, 0.1) is 5.69 Å². The van der Waals surface area contributed by atoms with Crippen LogP contribution in [0.5, 0.6) is 0 Å². The maximum atomic E-state index is 11.9. The maximum absolute atomic E-state index is 11.9. The predicted molar refractivity (Wildman–Crippen MR) is 69.1 cm³/mol. The second kappa shape index (κ2) is 4.25. The number of thioether (sulfide) groups is 1. The van der Waals surface area contributed by atoms with Gasteiger partial charge in [-0.05, 0) is 26.0 Å². The Bertz CT molecular complexity index is 412. The second-order valence-electron chi connectivity index (χ2n) is 4.04. The van der Waals surface area contributed by atoms with Crippen molar-refractivity contribution < 1.29 is 4.79 Å². The lowest BCUT2D eigenvalue weighted by Gasteiger charge is -2.12. The van der Waals surface area contributed by atoms with Crippen molar-refractivity contribution in [2.45, 2.75) is 24.5 Å². The third kappa shape index (κ3) is 2.32. The zero-order valence-electron chi connectivity index (χ0n) is 9.37. The molecule has 0 spiro atoms. The number of anilines is 1. The van der Waals surface area contributed by atoms with Crippen LogP contribution in [0.25, 0.3) is 0 Å². The number of nitrogens with zero attached hydrogens (tertiary/aromatic N) is 1. The predicted octanol–water partition coefficient (Wildman–Crippen LogP) is 1.66. The van der Waals surface area contributed by atoms with Crippen molar-refractivity contribution in [1.82, 2.24) is 10.3 Å². The van der Waals surface area contributed by atoms with Crippen molar-refractivity contribution in [3.63, 3.8) is 0 Å². The summed E-state index contributed by atoms with van der Waals surface area (Å²) in [7, 11) is 0. The van der Waals surface area contributed by atoms with Gasteiger partial charge in [-0.1, -0.05) is 11.3 Å². The Morgan fingerprint density at radius 3 is 2.81 bits per heavy atom. The Morgan fingerprint density at radius 1 is 1.69 bits per heavy atom. The van der Waals surface area contributed by atoms with E-state index in [9.17, 15) is 4.79 Å². The van der Waals surface area contributed by atoms with E-state index in [-0.39, 0.29) is 5.91 Å². The molecule has 1 amide bonds. The van der Waals surface area contributed by atoms with Gasteiger partial charge in [0.2, 0.25) is 0 Å². The molecular formula is C10H15N3OS2. The molecule has 1 saturated carbocycles. The largest absolute Gasteiger partial charge is 0.375 e. The number of rotatable bonds is 4. The van der Waals surface area contributed by atoms with E-state index in [1.807, 2.05) is 18.7 Å². The summed E-state index contributed by atoms with van der Waals surface area (Å²) in [5.74, 6) is -0.0491. The van der Waals surface area contributed by atoms with E-state index in [4.69, 9.17) is 5.73 Å². The zero-order valence-corrected chi connectivity index (χ0v) is 11.0. The van der Waals surface area contributed by atoms with E-state index in [2.05, 4.69) is 16.6 Å². The fourth-order valence-electron chi connectivity index (χ4n) is 1.54. The van der Waals surface area contributed by atoms with Crippen molar-refractivity contribution in [3.05, 3.63) is 10.6 Å². The van der Waals surface area contributed by atoms with E-state index in [0.29, 0.717) is 20.4 Å². The summed E-state index contributed by atoms with van der Waals surface area (Å²) in [4.78, 5) is 16.5. The molecule has 0 unspecified atom stereocenters. The summed E-state index contributed by atoms with van der Waals surface area (Å²) in [6.07, 6.45) is 4.48. The van der Waals surface area contributed by atoms with Crippen molar-refractivity contribution in [2.75, 3.05) is 18.5 Å². The Balaban J connectivity index is 1.96. The SMILES string of the molecule is CSC1(CNC(=O)c2sc(N)nc2C)CC1. The molecular weight excluding hydrogens is 242 g/mol. The number of hydrogen-bond donors (Lipinski definition) is 2. The molecule has 0 bridgehead atoms. The number of aromatic nitrogens is 1. The molecule has 1 heterocycles. The smallest absolute Gasteiger partial charge is 0.263 e. The van der Waals surface area contributed by atoms with Crippen LogP contribution in [0.3, 0.4) is 0 Å². The number of nitrogens with one attached hydrogen (secondary N) is 1. The second-order valence-corrected chi connectivity index (χ2v) is 6.34. The molecule has 1 fully saturated rings. The highest BCUT2D eigenvalue weighted by Crippen LogP contribution is 2.46. The van der Waals surface area contributed by atoms with Crippen LogP contribution in [0, 0.1) is 6.92 Å². The molecule has 1 aromatic rings. The van der Waals surface area contributed by atoms with Gasteiger partial charge >= 0.3 is 0 Å². The topological polar surface area (TPSA) is 68.0 Å². The number of amides is 1. The lowest BCUT2D eigenvalue weighted by Crippen LogP contribution is -2.31. The summed E-state index contributed by atoms with van der Waals surface area (Å²) in [5.41, 5.74) is 6.28. The first-order valence-corrected chi connectivity index (χ1v) is 7.17. The minimum absolute atomic E-state index is 0.0491. The fraction of sp³-hybridized carbons (Fsp3) is 0.600. The van der Waals surface area contributed by atoms with Gasteiger partial charge in [0.1, 0.15) is 4.88 Å². The molecule has 16 heavy (non-hydrogen) atoms. The van der Waals surface area contributed by atoms with Gasteiger partial charge in [-0.3, -0.25) is 4.79 Å². The number of hydrogen-bond acceptors (Lipinski definition) is 5. The summed E-state index contributed by atoms with van der Waals surface area (Å²) >= 11 is 3.08. The Kier molecular flexibility index (Phi) is 3.12. The number of carbonyl (C=O) groups excluding carboxylic acids is 1. The van der Waals surface area contributed by atoms with Gasteiger partial charge in [-0.15, -0.1) is 0 Å². The molecule has 0 saturated heterocycles.